The van der Waals surface area contributed by atoms with Crippen LogP contribution in [0.5, 0.6) is 0 Å². The monoisotopic (exact) mass is 316 g/mol. The van der Waals surface area contributed by atoms with E-state index in [1.54, 1.807) is 0 Å². The van der Waals surface area contributed by atoms with Gasteiger partial charge in [-0.2, -0.15) is 0 Å². The summed E-state index contributed by atoms with van der Waals surface area (Å²) in [5, 5.41) is 16.5. The van der Waals surface area contributed by atoms with Crippen LogP contribution in [0, 0.1) is 0 Å². The number of nitrogens with one attached hydrogen (secondary N) is 2. The van der Waals surface area contributed by atoms with Crippen LogP contribution in [0.3, 0.4) is 0 Å². The second-order valence-electron chi connectivity index (χ2n) is 7.10. The van der Waals surface area contributed by atoms with Crippen molar-refractivity contribution in [1.82, 2.24) is 5.32 Å². The lowest BCUT2D eigenvalue weighted by Crippen LogP contribution is -2.44. The summed E-state index contributed by atoms with van der Waals surface area (Å²) >= 11 is 0. The van der Waals surface area contributed by atoms with Crippen LogP contribution in [0.2, 0.25) is 0 Å². The fourth-order valence-corrected chi connectivity index (χ4v) is 3.87. The van der Waals surface area contributed by atoms with E-state index in [9.17, 15) is 9.90 Å². The molecule has 4 nitrogen and oxygen atoms in total. The SMILES string of the molecule is O=C(NCC1(O)CCCCCC1)Nc1cccc2c1CCCC2. The second kappa shape index (κ2) is 7.35. The molecular formula is C19H28N2O2. The summed E-state index contributed by atoms with van der Waals surface area (Å²) in [7, 11) is 0. The normalized spacial score (nSPS) is 20.2. The summed E-state index contributed by atoms with van der Waals surface area (Å²) < 4.78 is 0. The first-order chi connectivity index (χ1) is 11.2. The molecule has 126 valence electrons. The number of carbonyl (C=O) groups is 1. The Hall–Kier alpha value is -1.55. The number of carbonyl (C=O) groups excluding carboxylic acids is 1. The summed E-state index contributed by atoms with van der Waals surface area (Å²) in [6.45, 7) is 0.341. The minimum atomic E-state index is -0.732. The number of anilines is 1. The van der Waals surface area contributed by atoms with Crippen LogP contribution < -0.4 is 10.6 Å². The Balaban J connectivity index is 1.57. The maximum Gasteiger partial charge on any atom is 0.319 e. The molecule has 0 spiro atoms. The maximum atomic E-state index is 12.2. The first kappa shape index (κ1) is 16.3. The predicted molar refractivity (Wildman–Crippen MR) is 92.8 cm³/mol. The van der Waals surface area contributed by atoms with Gasteiger partial charge in [-0.05, 0) is 55.7 Å². The lowest BCUT2D eigenvalue weighted by atomic mass is 9.90. The lowest BCUT2D eigenvalue weighted by Gasteiger charge is -2.27. The van der Waals surface area contributed by atoms with E-state index in [-0.39, 0.29) is 6.03 Å². The molecule has 2 amide bonds. The van der Waals surface area contributed by atoms with Crippen LogP contribution in [0.4, 0.5) is 10.5 Å². The first-order valence-corrected chi connectivity index (χ1v) is 9.04. The average molecular weight is 316 g/mol. The van der Waals surface area contributed by atoms with E-state index in [0.717, 1.165) is 44.2 Å². The number of benzene rings is 1. The van der Waals surface area contributed by atoms with Crippen LogP contribution in [0.25, 0.3) is 0 Å². The van der Waals surface area contributed by atoms with Gasteiger partial charge in [0.05, 0.1) is 5.60 Å². The zero-order valence-electron chi connectivity index (χ0n) is 13.9. The largest absolute Gasteiger partial charge is 0.388 e. The van der Waals surface area contributed by atoms with Gasteiger partial charge in [0.1, 0.15) is 0 Å². The molecule has 0 heterocycles. The van der Waals surface area contributed by atoms with Gasteiger partial charge in [0, 0.05) is 12.2 Å². The van der Waals surface area contributed by atoms with E-state index in [0.29, 0.717) is 6.54 Å². The third-order valence-electron chi connectivity index (χ3n) is 5.26. The molecule has 1 aromatic carbocycles. The van der Waals surface area contributed by atoms with Gasteiger partial charge in [-0.25, -0.2) is 4.79 Å². The fraction of sp³-hybridized carbons (Fsp3) is 0.632. The molecule has 0 atom stereocenters. The van der Waals surface area contributed by atoms with Crippen molar-refractivity contribution < 1.29 is 9.90 Å². The average Bonchev–Trinajstić information content (AvgIpc) is 2.79. The molecule has 0 aliphatic heterocycles. The number of aryl methyl sites for hydroxylation is 1. The van der Waals surface area contributed by atoms with Crippen LogP contribution >= 0.6 is 0 Å². The maximum absolute atomic E-state index is 12.2. The number of hydrogen-bond acceptors (Lipinski definition) is 2. The van der Waals surface area contributed by atoms with Gasteiger partial charge in [0.2, 0.25) is 0 Å². The van der Waals surface area contributed by atoms with Gasteiger partial charge in [0.25, 0.3) is 0 Å². The zero-order chi connectivity index (χ0) is 16.1. The second-order valence-corrected chi connectivity index (χ2v) is 7.10. The van der Waals surface area contributed by atoms with Crippen LogP contribution in [-0.4, -0.2) is 23.3 Å². The molecule has 1 aromatic rings. The number of urea groups is 1. The first-order valence-electron chi connectivity index (χ1n) is 9.04. The quantitative estimate of drug-likeness (QED) is 0.743. The van der Waals surface area contributed by atoms with Crippen molar-refractivity contribution >= 4 is 11.7 Å². The van der Waals surface area contributed by atoms with Crippen molar-refractivity contribution in [2.24, 2.45) is 0 Å². The van der Waals surface area contributed by atoms with Gasteiger partial charge < -0.3 is 15.7 Å². The highest BCUT2D eigenvalue weighted by Gasteiger charge is 2.28. The molecule has 4 heteroatoms. The fourth-order valence-electron chi connectivity index (χ4n) is 3.87. The Labute approximate surface area is 138 Å². The minimum Gasteiger partial charge on any atom is -0.388 e. The highest BCUT2D eigenvalue weighted by atomic mass is 16.3. The van der Waals surface area contributed by atoms with E-state index in [1.807, 2.05) is 12.1 Å². The molecule has 0 saturated heterocycles. The molecule has 0 radical (unpaired) electrons. The molecule has 0 bridgehead atoms. The summed E-state index contributed by atoms with van der Waals surface area (Å²) in [5.41, 5.74) is 2.83. The summed E-state index contributed by atoms with van der Waals surface area (Å²) in [4.78, 5) is 12.2. The molecule has 2 aliphatic carbocycles. The molecule has 1 fully saturated rings. The highest BCUT2D eigenvalue weighted by Crippen LogP contribution is 2.28. The molecule has 3 rings (SSSR count). The van der Waals surface area contributed by atoms with Crippen LogP contribution in [0.15, 0.2) is 18.2 Å². The zero-order valence-corrected chi connectivity index (χ0v) is 13.9. The molecule has 2 aliphatic rings. The van der Waals surface area contributed by atoms with E-state index in [2.05, 4.69) is 16.7 Å². The third kappa shape index (κ3) is 4.25. The van der Waals surface area contributed by atoms with Crippen molar-refractivity contribution in [1.29, 1.82) is 0 Å². The topological polar surface area (TPSA) is 61.4 Å². The van der Waals surface area contributed by atoms with Crippen LogP contribution in [-0.2, 0) is 12.8 Å². The Kier molecular flexibility index (Phi) is 5.21. The summed E-state index contributed by atoms with van der Waals surface area (Å²) in [6.07, 6.45) is 10.6. The summed E-state index contributed by atoms with van der Waals surface area (Å²) in [5.74, 6) is 0. The van der Waals surface area contributed by atoms with Gasteiger partial charge in [-0.1, -0.05) is 37.8 Å². The number of aliphatic hydroxyl groups is 1. The van der Waals surface area contributed by atoms with Crippen molar-refractivity contribution in [2.75, 3.05) is 11.9 Å². The standard InChI is InChI=1S/C19H28N2O2/c22-18(20-14-19(23)12-5-1-2-6-13-19)21-17-11-7-9-15-8-3-4-10-16(15)17/h7,9,11,23H,1-6,8,10,12-14H2,(H2,20,21,22). The van der Waals surface area contributed by atoms with Gasteiger partial charge in [-0.3, -0.25) is 0 Å². The highest BCUT2D eigenvalue weighted by molar-refractivity contribution is 5.90. The van der Waals surface area contributed by atoms with E-state index >= 15 is 0 Å². The lowest BCUT2D eigenvalue weighted by molar-refractivity contribution is 0.0281. The van der Waals surface area contributed by atoms with E-state index in [4.69, 9.17) is 0 Å². The Morgan fingerprint density at radius 3 is 2.57 bits per heavy atom. The number of fused-ring (bicyclic) bond motifs is 1. The van der Waals surface area contributed by atoms with E-state index in [1.165, 1.54) is 36.8 Å². The van der Waals surface area contributed by atoms with E-state index < -0.39 is 5.60 Å². The number of amides is 2. The van der Waals surface area contributed by atoms with Crippen LogP contribution in [0.1, 0.15) is 62.5 Å². The smallest absolute Gasteiger partial charge is 0.319 e. The van der Waals surface area contributed by atoms with Gasteiger partial charge >= 0.3 is 6.03 Å². The number of rotatable bonds is 3. The van der Waals surface area contributed by atoms with Crippen molar-refractivity contribution in [3.05, 3.63) is 29.3 Å². The van der Waals surface area contributed by atoms with Gasteiger partial charge in [0.15, 0.2) is 0 Å². The minimum absolute atomic E-state index is 0.207. The van der Waals surface area contributed by atoms with Gasteiger partial charge in [-0.15, -0.1) is 0 Å². The molecule has 0 aromatic heterocycles. The molecule has 23 heavy (non-hydrogen) atoms. The summed E-state index contributed by atoms with van der Waals surface area (Å²) in [6, 6.07) is 5.94. The molecule has 0 unspecified atom stereocenters. The Morgan fingerprint density at radius 2 is 1.78 bits per heavy atom. The van der Waals surface area contributed by atoms with Crippen molar-refractivity contribution in [2.45, 2.75) is 69.8 Å². The van der Waals surface area contributed by atoms with Crippen molar-refractivity contribution in [3.63, 3.8) is 0 Å². The molecule has 3 N–H and O–H groups in total. The molecule has 1 saturated carbocycles. The predicted octanol–water partition coefficient (Wildman–Crippen LogP) is 3.77. The Morgan fingerprint density at radius 1 is 1.04 bits per heavy atom. The Bertz CT molecular complexity index is 548. The third-order valence-corrected chi connectivity index (χ3v) is 5.26. The van der Waals surface area contributed by atoms with Crippen molar-refractivity contribution in [3.8, 4) is 0 Å². The number of hydrogen-bond donors (Lipinski definition) is 3. The molecular weight excluding hydrogens is 288 g/mol.